The molecule has 1 amide bonds. The molecule has 0 bridgehead atoms. The minimum absolute atomic E-state index is 0.0974. The van der Waals surface area contributed by atoms with Gasteiger partial charge in [0.25, 0.3) is 5.56 Å². The maximum absolute atomic E-state index is 12.1. The zero-order valence-electron chi connectivity index (χ0n) is 15.9. The second kappa shape index (κ2) is 9.35. The van der Waals surface area contributed by atoms with E-state index in [2.05, 4.69) is 39.6 Å². The average Bonchev–Trinajstić information content (AvgIpc) is 3.16. The Morgan fingerprint density at radius 2 is 2.07 bits per heavy atom. The molecule has 6 heteroatoms. The molecular weight excluding hydrogens is 340 g/mol. The van der Waals surface area contributed by atoms with E-state index < -0.39 is 0 Å². The Morgan fingerprint density at radius 3 is 2.85 bits per heavy atom. The topological polar surface area (TPSA) is 67.2 Å². The minimum atomic E-state index is -0.0974. The molecule has 1 atom stereocenters. The molecule has 6 nitrogen and oxygen atoms in total. The first kappa shape index (κ1) is 19.1. The second-order valence-electron chi connectivity index (χ2n) is 7.27. The van der Waals surface area contributed by atoms with Crippen molar-refractivity contribution in [2.45, 2.75) is 32.1 Å². The third-order valence-electron chi connectivity index (χ3n) is 5.15. The van der Waals surface area contributed by atoms with E-state index in [1.54, 1.807) is 19.3 Å². The van der Waals surface area contributed by atoms with Gasteiger partial charge in [-0.1, -0.05) is 30.3 Å². The summed E-state index contributed by atoms with van der Waals surface area (Å²) in [7, 11) is 1.65. The van der Waals surface area contributed by atoms with Crippen LogP contribution in [0.2, 0.25) is 0 Å². The van der Waals surface area contributed by atoms with Crippen LogP contribution in [0.1, 0.15) is 31.2 Å². The van der Waals surface area contributed by atoms with Crippen LogP contribution in [-0.2, 0) is 18.3 Å². The average molecular weight is 368 g/mol. The van der Waals surface area contributed by atoms with Crippen LogP contribution in [0.25, 0.3) is 0 Å². The molecule has 2 heterocycles. The van der Waals surface area contributed by atoms with Crippen LogP contribution in [0.5, 0.6) is 0 Å². The molecule has 1 N–H and O–H groups in total. The molecule has 0 radical (unpaired) electrons. The summed E-state index contributed by atoms with van der Waals surface area (Å²) in [6, 6.07) is 12.0. The molecule has 0 saturated carbocycles. The van der Waals surface area contributed by atoms with Crippen molar-refractivity contribution in [3.63, 3.8) is 0 Å². The molecule has 1 saturated heterocycles. The number of carbonyl (C=O) groups excluding carboxylic acids is 1. The molecule has 1 aromatic carbocycles. The van der Waals surface area contributed by atoms with Crippen molar-refractivity contribution in [1.82, 2.24) is 15.1 Å². The first-order chi connectivity index (χ1) is 13.1. The lowest BCUT2D eigenvalue weighted by Gasteiger charge is -2.18. The Labute approximate surface area is 160 Å². The van der Waals surface area contributed by atoms with Gasteiger partial charge in [-0.25, -0.2) is 4.68 Å². The highest BCUT2D eigenvalue weighted by molar-refractivity contribution is 5.75. The summed E-state index contributed by atoms with van der Waals surface area (Å²) in [5.41, 5.74) is 2.10. The van der Waals surface area contributed by atoms with Crippen molar-refractivity contribution >= 4 is 11.6 Å². The third-order valence-corrected chi connectivity index (χ3v) is 5.15. The van der Waals surface area contributed by atoms with Gasteiger partial charge in [0.2, 0.25) is 5.91 Å². The van der Waals surface area contributed by atoms with Crippen LogP contribution >= 0.6 is 0 Å². The Hall–Kier alpha value is -2.63. The van der Waals surface area contributed by atoms with Gasteiger partial charge in [0.1, 0.15) is 0 Å². The van der Waals surface area contributed by atoms with Crippen LogP contribution in [0, 0.1) is 5.92 Å². The summed E-state index contributed by atoms with van der Waals surface area (Å²) in [6.45, 7) is 2.45. The highest BCUT2D eigenvalue weighted by atomic mass is 16.1. The minimum Gasteiger partial charge on any atom is -0.370 e. The van der Waals surface area contributed by atoms with E-state index in [-0.39, 0.29) is 11.5 Å². The number of carbonyl (C=O) groups is 1. The van der Waals surface area contributed by atoms with E-state index in [0.717, 1.165) is 44.5 Å². The van der Waals surface area contributed by atoms with Gasteiger partial charge < -0.3 is 10.2 Å². The summed E-state index contributed by atoms with van der Waals surface area (Å²) in [5.74, 6) is 0.555. The lowest BCUT2D eigenvalue weighted by molar-refractivity contribution is -0.121. The van der Waals surface area contributed by atoms with Gasteiger partial charge >= 0.3 is 0 Å². The van der Waals surface area contributed by atoms with E-state index in [0.29, 0.717) is 18.9 Å². The molecule has 1 aliphatic heterocycles. The van der Waals surface area contributed by atoms with Gasteiger partial charge in [-0.2, -0.15) is 5.10 Å². The molecule has 2 aromatic rings. The quantitative estimate of drug-likeness (QED) is 0.725. The SMILES string of the molecule is Cn1ncc(N2CC[C@@H](CNC(=O)CCCCc3ccccc3)C2)cc1=O. The van der Waals surface area contributed by atoms with Gasteiger partial charge in [-0.05, 0) is 37.2 Å². The predicted molar refractivity (Wildman–Crippen MR) is 107 cm³/mol. The highest BCUT2D eigenvalue weighted by Gasteiger charge is 2.23. The highest BCUT2D eigenvalue weighted by Crippen LogP contribution is 2.21. The van der Waals surface area contributed by atoms with Crippen LogP contribution in [0.15, 0.2) is 47.4 Å². The molecule has 0 unspecified atom stereocenters. The Morgan fingerprint density at radius 1 is 1.26 bits per heavy atom. The van der Waals surface area contributed by atoms with Crippen LogP contribution in [0.4, 0.5) is 5.69 Å². The van der Waals surface area contributed by atoms with Gasteiger partial charge in [-0.15, -0.1) is 0 Å². The standard InChI is InChI=1S/C21H28N4O2/c1-24-21(27)13-19(15-23-24)25-12-11-18(16-25)14-22-20(26)10-6-5-9-17-7-3-2-4-8-17/h2-4,7-8,13,15,18H,5-6,9-12,14,16H2,1H3,(H,22,26)/t18-/m0/s1. The second-order valence-corrected chi connectivity index (χ2v) is 7.27. The van der Waals surface area contributed by atoms with Crippen molar-refractivity contribution in [3.05, 3.63) is 58.5 Å². The van der Waals surface area contributed by atoms with Gasteiger partial charge in [0.15, 0.2) is 0 Å². The molecule has 1 aromatic heterocycles. The van der Waals surface area contributed by atoms with Crippen LogP contribution < -0.4 is 15.8 Å². The zero-order valence-corrected chi connectivity index (χ0v) is 15.9. The van der Waals surface area contributed by atoms with Crippen molar-refractivity contribution in [2.24, 2.45) is 13.0 Å². The third kappa shape index (κ3) is 5.67. The number of aryl methyl sites for hydroxylation is 2. The number of benzene rings is 1. The normalized spacial score (nSPS) is 16.5. The lowest BCUT2D eigenvalue weighted by atomic mass is 10.1. The number of hydrogen-bond donors (Lipinski definition) is 1. The first-order valence-corrected chi connectivity index (χ1v) is 9.71. The molecule has 3 rings (SSSR count). The lowest BCUT2D eigenvalue weighted by Crippen LogP contribution is -2.31. The smallest absolute Gasteiger partial charge is 0.268 e. The molecule has 0 spiro atoms. The number of unbranched alkanes of at least 4 members (excludes halogenated alkanes) is 1. The van der Waals surface area contributed by atoms with Crippen molar-refractivity contribution < 1.29 is 4.79 Å². The van der Waals surface area contributed by atoms with E-state index in [1.165, 1.54) is 10.2 Å². The molecule has 27 heavy (non-hydrogen) atoms. The van der Waals surface area contributed by atoms with E-state index >= 15 is 0 Å². The number of aromatic nitrogens is 2. The molecule has 144 valence electrons. The van der Waals surface area contributed by atoms with E-state index in [9.17, 15) is 9.59 Å². The fraction of sp³-hybridized carbons (Fsp3) is 0.476. The Kier molecular flexibility index (Phi) is 6.63. The summed E-state index contributed by atoms with van der Waals surface area (Å²) in [5, 5.41) is 7.15. The Bertz CT molecular complexity index is 803. The fourth-order valence-electron chi connectivity index (χ4n) is 3.47. The van der Waals surface area contributed by atoms with E-state index in [1.807, 2.05) is 6.07 Å². The van der Waals surface area contributed by atoms with Gasteiger partial charge in [0.05, 0.1) is 11.9 Å². The van der Waals surface area contributed by atoms with Crippen molar-refractivity contribution in [2.75, 3.05) is 24.5 Å². The number of nitrogens with one attached hydrogen (secondary N) is 1. The molecule has 1 aliphatic rings. The predicted octanol–water partition coefficient (Wildman–Crippen LogP) is 2.14. The maximum Gasteiger partial charge on any atom is 0.268 e. The van der Waals surface area contributed by atoms with Crippen LogP contribution in [-0.4, -0.2) is 35.3 Å². The summed E-state index contributed by atoms with van der Waals surface area (Å²) < 4.78 is 1.33. The van der Waals surface area contributed by atoms with Gasteiger partial charge in [-0.3, -0.25) is 9.59 Å². The number of hydrogen-bond acceptors (Lipinski definition) is 4. The fourth-order valence-corrected chi connectivity index (χ4v) is 3.47. The molecule has 0 aliphatic carbocycles. The van der Waals surface area contributed by atoms with Crippen molar-refractivity contribution in [3.8, 4) is 0 Å². The summed E-state index contributed by atoms with van der Waals surface area (Å²) in [4.78, 5) is 26.0. The Balaban J connectivity index is 1.33. The van der Waals surface area contributed by atoms with Crippen LogP contribution in [0.3, 0.4) is 0 Å². The molecular formula is C21H28N4O2. The van der Waals surface area contributed by atoms with Gasteiger partial charge in [0, 0.05) is 39.2 Å². The monoisotopic (exact) mass is 368 g/mol. The maximum atomic E-state index is 12.1. The molecule has 1 fully saturated rings. The first-order valence-electron chi connectivity index (χ1n) is 9.71. The number of amides is 1. The number of nitrogens with zero attached hydrogens (tertiary/aromatic N) is 3. The van der Waals surface area contributed by atoms with E-state index in [4.69, 9.17) is 0 Å². The summed E-state index contributed by atoms with van der Waals surface area (Å²) in [6.07, 6.45) is 6.30. The largest absolute Gasteiger partial charge is 0.370 e. The number of rotatable bonds is 8. The van der Waals surface area contributed by atoms with Crippen molar-refractivity contribution in [1.29, 1.82) is 0 Å². The number of anilines is 1. The zero-order chi connectivity index (χ0) is 19.1. The summed E-state index contributed by atoms with van der Waals surface area (Å²) >= 11 is 0.